The molecule has 4 nitrogen and oxygen atoms in total. The van der Waals surface area contributed by atoms with Gasteiger partial charge in [0.15, 0.2) is 5.13 Å². The number of hydrogen-bond acceptors (Lipinski definition) is 5. The summed E-state index contributed by atoms with van der Waals surface area (Å²) in [6, 6.07) is 0. The van der Waals surface area contributed by atoms with Crippen LogP contribution in [0, 0.1) is 0 Å². The number of anilines is 1. The molecule has 1 rings (SSSR count). The predicted octanol–water partition coefficient (Wildman–Crippen LogP) is -1.17. The fourth-order valence-electron chi connectivity index (χ4n) is 0.419. The summed E-state index contributed by atoms with van der Waals surface area (Å²) in [7, 11) is -1.50. The lowest BCUT2D eigenvalue weighted by molar-refractivity contribution is 0.424. The van der Waals surface area contributed by atoms with Crippen LogP contribution in [0.5, 0.6) is 0 Å². The van der Waals surface area contributed by atoms with E-state index >= 15 is 0 Å². The maximum Gasteiger partial charge on any atom is 0.509 e. The maximum absolute atomic E-state index is 8.48. The molecule has 0 radical (unpaired) electrons. The second-order valence-electron chi connectivity index (χ2n) is 1.48. The van der Waals surface area contributed by atoms with Crippen molar-refractivity contribution >= 4 is 41.6 Å². The normalized spacial score (nSPS) is 8.60. The van der Waals surface area contributed by atoms with Crippen molar-refractivity contribution in [3.05, 3.63) is 5.38 Å². The zero-order valence-corrected chi connectivity index (χ0v) is 6.52. The van der Waals surface area contributed by atoms with E-state index in [9.17, 15) is 0 Å². The van der Waals surface area contributed by atoms with Crippen molar-refractivity contribution < 1.29 is 10.0 Å². The van der Waals surface area contributed by atoms with Gasteiger partial charge in [0.25, 0.3) is 0 Å². The minimum Gasteiger partial charge on any atom is -0.422 e. The molecule has 1 aromatic rings. The SMILES string of the molecule is Cl.Nc1nc(B(O)O)cs1. The van der Waals surface area contributed by atoms with Crippen molar-refractivity contribution in [1.82, 2.24) is 4.98 Å². The smallest absolute Gasteiger partial charge is 0.422 e. The van der Waals surface area contributed by atoms with Crippen molar-refractivity contribution in [1.29, 1.82) is 0 Å². The Kier molecular flexibility index (Phi) is 3.66. The van der Waals surface area contributed by atoms with Crippen molar-refractivity contribution in [2.24, 2.45) is 0 Å². The summed E-state index contributed by atoms with van der Waals surface area (Å²) in [4.78, 5) is 3.61. The van der Waals surface area contributed by atoms with E-state index in [4.69, 9.17) is 15.8 Å². The summed E-state index contributed by atoms with van der Waals surface area (Å²) in [5.74, 6) is 0. The highest BCUT2D eigenvalue weighted by Gasteiger charge is 2.13. The van der Waals surface area contributed by atoms with Crippen LogP contribution in [0.4, 0.5) is 5.13 Å². The van der Waals surface area contributed by atoms with Crippen LogP contribution in [0.1, 0.15) is 0 Å². The second-order valence-corrected chi connectivity index (χ2v) is 2.37. The first-order valence-corrected chi connectivity index (χ1v) is 3.15. The third-order valence-corrected chi connectivity index (χ3v) is 1.50. The number of hydrogen-bond donors (Lipinski definition) is 3. The van der Waals surface area contributed by atoms with E-state index in [1.165, 1.54) is 16.7 Å². The van der Waals surface area contributed by atoms with Crippen molar-refractivity contribution in [2.45, 2.75) is 0 Å². The third kappa shape index (κ3) is 2.15. The van der Waals surface area contributed by atoms with E-state index in [1.54, 1.807) is 0 Å². The molecule has 4 N–H and O–H groups in total. The van der Waals surface area contributed by atoms with E-state index in [1.807, 2.05) is 0 Å². The third-order valence-electron chi connectivity index (χ3n) is 0.804. The van der Waals surface area contributed by atoms with E-state index in [2.05, 4.69) is 4.98 Å². The highest BCUT2D eigenvalue weighted by molar-refractivity contribution is 7.14. The Morgan fingerprint density at radius 1 is 1.60 bits per heavy atom. The van der Waals surface area contributed by atoms with Crippen molar-refractivity contribution in [2.75, 3.05) is 5.73 Å². The summed E-state index contributed by atoms with van der Waals surface area (Å²) in [6.07, 6.45) is 0. The van der Waals surface area contributed by atoms with Crippen LogP contribution in [-0.2, 0) is 0 Å². The predicted molar refractivity (Wildman–Crippen MR) is 43.6 cm³/mol. The Balaban J connectivity index is 0.000000810. The van der Waals surface area contributed by atoms with Crippen LogP contribution in [-0.4, -0.2) is 22.2 Å². The monoisotopic (exact) mass is 180 g/mol. The Morgan fingerprint density at radius 2 is 2.20 bits per heavy atom. The number of nitrogen functional groups attached to an aromatic ring is 1. The molecule has 56 valence electrons. The standard InChI is InChI=1S/C3H5BN2O2S.ClH/c5-3-6-2(1-9-3)4(7)8;/h1,7-8H,(H2,5,6);1H. The zero-order chi connectivity index (χ0) is 6.85. The topological polar surface area (TPSA) is 79.4 Å². The van der Waals surface area contributed by atoms with E-state index in [0.717, 1.165) is 0 Å². The van der Waals surface area contributed by atoms with Crippen LogP contribution in [0.25, 0.3) is 0 Å². The van der Waals surface area contributed by atoms with Crippen LogP contribution >= 0.6 is 23.7 Å². The number of halogens is 1. The van der Waals surface area contributed by atoms with Crippen LogP contribution in [0.3, 0.4) is 0 Å². The highest BCUT2D eigenvalue weighted by Crippen LogP contribution is 2.02. The minimum atomic E-state index is -1.50. The van der Waals surface area contributed by atoms with Gasteiger partial charge in [-0.1, -0.05) is 0 Å². The molecule has 0 saturated heterocycles. The van der Waals surface area contributed by atoms with E-state index in [-0.39, 0.29) is 18.0 Å². The summed E-state index contributed by atoms with van der Waals surface area (Å²) in [5, 5.41) is 18.8. The number of nitrogens with two attached hydrogens (primary N) is 1. The molecule has 0 aliphatic heterocycles. The lowest BCUT2D eigenvalue weighted by atomic mass is 9.88. The van der Waals surface area contributed by atoms with Gasteiger partial charge in [-0.05, 0) is 0 Å². The summed E-state index contributed by atoms with van der Waals surface area (Å²) in [5.41, 5.74) is 5.41. The van der Waals surface area contributed by atoms with Crippen LogP contribution in [0.2, 0.25) is 0 Å². The molecule has 1 heterocycles. The molecule has 0 bridgehead atoms. The Hall–Kier alpha value is -0.295. The quantitative estimate of drug-likeness (QED) is 0.476. The molecule has 0 unspecified atom stereocenters. The molecule has 10 heavy (non-hydrogen) atoms. The van der Waals surface area contributed by atoms with Gasteiger partial charge in [0.1, 0.15) is 0 Å². The number of rotatable bonds is 1. The lowest BCUT2D eigenvalue weighted by Crippen LogP contribution is -2.30. The molecule has 0 amide bonds. The Bertz CT molecular complexity index is 206. The molecule has 7 heteroatoms. The molecular formula is C3H6BClN2O2S. The van der Waals surface area contributed by atoms with Gasteiger partial charge in [-0.15, -0.1) is 23.7 Å². The fourth-order valence-corrected chi connectivity index (χ4v) is 0.993. The second kappa shape index (κ2) is 3.77. The molecule has 1 aromatic heterocycles. The van der Waals surface area contributed by atoms with Gasteiger partial charge in [-0.3, -0.25) is 0 Å². The van der Waals surface area contributed by atoms with Crippen molar-refractivity contribution in [3.8, 4) is 0 Å². The van der Waals surface area contributed by atoms with Gasteiger partial charge in [-0.2, -0.15) is 0 Å². The van der Waals surface area contributed by atoms with Gasteiger partial charge < -0.3 is 15.8 Å². The average molecular weight is 180 g/mol. The van der Waals surface area contributed by atoms with Crippen molar-refractivity contribution in [3.63, 3.8) is 0 Å². The van der Waals surface area contributed by atoms with Gasteiger partial charge in [-0.25, -0.2) is 4.98 Å². The molecule has 0 spiro atoms. The lowest BCUT2D eigenvalue weighted by Gasteiger charge is -1.86. The van der Waals surface area contributed by atoms with Gasteiger partial charge >= 0.3 is 7.12 Å². The largest absolute Gasteiger partial charge is 0.509 e. The number of aromatic nitrogens is 1. The first-order chi connectivity index (χ1) is 4.20. The van der Waals surface area contributed by atoms with Gasteiger partial charge in [0.2, 0.25) is 0 Å². The molecule has 0 atom stereocenters. The highest BCUT2D eigenvalue weighted by atomic mass is 35.5. The average Bonchev–Trinajstić information content (AvgIpc) is 2.14. The van der Waals surface area contributed by atoms with E-state index in [0.29, 0.717) is 5.13 Å². The summed E-state index contributed by atoms with van der Waals surface area (Å²) >= 11 is 1.18. The summed E-state index contributed by atoms with van der Waals surface area (Å²) in [6.45, 7) is 0. The molecule has 0 fully saturated rings. The first-order valence-electron chi connectivity index (χ1n) is 2.27. The van der Waals surface area contributed by atoms with E-state index < -0.39 is 7.12 Å². The molecule has 0 aliphatic carbocycles. The van der Waals surface area contributed by atoms with Crippen LogP contribution in [0.15, 0.2) is 5.38 Å². The zero-order valence-electron chi connectivity index (χ0n) is 4.89. The maximum atomic E-state index is 8.48. The molecule has 0 aliphatic rings. The molecule has 0 saturated carbocycles. The Morgan fingerprint density at radius 3 is 2.40 bits per heavy atom. The minimum absolute atomic E-state index is 0. The van der Waals surface area contributed by atoms with Gasteiger partial charge in [0.05, 0.1) is 5.59 Å². The number of thiazole rings is 1. The first kappa shape index (κ1) is 9.70. The van der Waals surface area contributed by atoms with Gasteiger partial charge in [0, 0.05) is 5.38 Å². The van der Waals surface area contributed by atoms with Crippen LogP contribution < -0.4 is 11.3 Å². The Labute approximate surface area is 68.3 Å². The molecular weight excluding hydrogens is 174 g/mol. The number of nitrogens with zero attached hydrogens (tertiary/aromatic N) is 1. The molecule has 0 aromatic carbocycles. The summed E-state index contributed by atoms with van der Waals surface area (Å²) < 4.78 is 0. The fraction of sp³-hybridized carbons (Fsp3) is 0.